The van der Waals surface area contributed by atoms with E-state index in [9.17, 15) is 0 Å². The van der Waals surface area contributed by atoms with Crippen molar-refractivity contribution in [1.29, 1.82) is 0 Å². The predicted octanol–water partition coefficient (Wildman–Crippen LogP) is 2.35. The van der Waals surface area contributed by atoms with Crippen LogP contribution in [-0.2, 0) is 9.47 Å². The summed E-state index contributed by atoms with van der Waals surface area (Å²) in [5, 5.41) is 6.80. The highest BCUT2D eigenvalue weighted by molar-refractivity contribution is 5.79. The molecule has 3 unspecified atom stereocenters. The molecule has 2 N–H and O–H groups in total. The summed E-state index contributed by atoms with van der Waals surface area (Å²) in [6, 6.07) is 0. The summed E-state index contributed by atoms with van der Waals surface area (Å²) in [5.74, 6) is 3.21. The first-order chi connectivity index (χ1) is 13.2. The van der Waals surface area contributed by atoms with Crippen LogP contribution in [0.4, 0.5) is 0 Å². The second kappa shape index (κ2) is 13.3. The van der Waals surface area contributed by atoms with Crippen LogP contribution >= 0.6 is 0 Å². The van der Waals surface area contributed by atoms with Crippen LogP contribution < -0.4 is 10.6 Å². The number of hydrogen-bond acceptors (Lipinski definition) is 4. The number of guanidine groups is 1. The number of aliphatic imine (C=N–C) groups is 1. The maximum Gasteiger partial charge on any atom is 0.190 e. The Bertz CT molecular complexity index is 403. The predicted molar refractivity (Wildman–Crippen MR) is 112 cm³/mol. The van der Waals surface area contributed by atoms with Crippen molar-refractivity contribution in [3.63, 3.8) is 0 Å². The molecule has 0 bridgehead atoms. The van der Waals surface area contributed by atoms with E-state index in [2.05, 4.69) is 34.4 Å². The van der Waals surface area contributed by atoms with Crippen molar-refractivity contribution in [3.8, 4) is 0 Å². The molecule has 0 aromatic rings. The van der Waals surface area contributed by atoms with E-state index >= 15 is 0 Å². The minimum atomic E-state index is 0.601. The lowest BCUT2D eigenvalue weighted by atomic mass is 9.92. The van der Waals surface area contributed by atoms with E-state index < -0.39 is 0 Å². The van der Waals surface area contributed by atoms with Gasteiger partial charge in [-0.05, 0) is 50.5 Å². The third-order valence-electron chi connectivity index (χ3n) is 5.50. The van der Waals surface area contributed by atoms with Crippen LogP contribution in [0.25, 0.3) is 0 Å². The van der Waals surface area contributed by atoms with E-state index in [0.717, 1.165) is 70.2 Å². The standard InChI is InChI=1S/C21H42N4O2/c1-18-13-19(2)15-25(14-18)10-5-4-8-23-21(22-3)24-9-6-11-26-16-20-7-12-27-17-20/h18-20H,4-17H2,1-3H3,(H2,22,23,24). The molecule has 0 saturated carbocycles. The van der Waals surface area contributed by atoms with Gasteiger partial charge in [0.25, 0.3) is 0 Å². The molecule has 0 radical (unpaired) electrons. The molecule has 2 aliphatic heterocycles. The first kappa shape index (κ1) is 22.4. The van der Waals surface area contributed by atoms with Crippen LogP contribution in [0.1, 0.15) is 46.0 Å². The summed E-state index contributed by atoms with van der Waals surface area (Å²) >= 11 is 0. The third kappa shape index (κ3) is 9.77. The topological polar surface area (TPSA) is 58.1 Å². The highest BCUT2D eigenvalue weighted by Crippen LogP contribution is 2.20. The lowest BCUT2D eigenvalue weighted by molar-refractivity contribution is 0.0888. The molecule has 2 heterocycles. The average molecular weight is 383 g/mol. The molecule has 0 aromatic carbocycles. The van der Waals surface area contributed by atoms with Crippen LogP contribution in [0.15, 0.2) is 4.99 Å². The van der Waals surface area contributed by atoms with Crippen LogP contribution in [-0.4, -0.2) is 77.1 Å². The number of nitrogens with zero attached hydrogens (tertiary/aromatic N) is 2. The maximum atomic E-state index is 5.73. The summed E-state index contributed by atoms with van der Waals surface area (Å²) in [4.78, 5) is 6.95. The fraction of sp³-hybridized carbons (Fsp3) is 0.952. The second-order valence-electron chi connectivity index (χ2n) is 8.50. The molecule has 0 amide bonds. The highest BCUT2D eigenvalue weighted by atomic mass is 16.5. The van der Waals surface area contributed by atoms with Gasteiger partial charge in [0, 0.05) is 52.4 Å². The van der Waals surface area contributed by atoms with Crippen molar-refractivity contribution in [2.75, 3.05) is 66.2 Å². The number of rotatable bonds is 11. The Labute approximate surface area is 166 Å². The summed E-state index contributed by atoms with van der Waals surface area (Å²) in [6.45, 7) is 13.8. The number of ether oxygens (including phenoxy) is 2. The molecule has 27 heavy (non-hydrogen) atoms. The second-order valence-corrected chi connectivity index (χ2v) is 8.50. The Morgan fingerprint density at radius 1 is 1.11 bits per heavy atom. The van der Waals surface area contributed by atoms with Crippen molar-refractivity contribution < 1.29 is 9.47 Å². The molecule has 3 atom stereocenters. The first-order valence-corrected chi connectivity index (χ1v) is 11.0. The summed E-state index contributed by atoms with van der Waals surface area (Å²) in [5.41, 5.74) is 0. The van der Waals surface area contributed by atoms with Gasteiger partial charge in [-0.1, -0.05) is 13.8 Å². The van der Waals surface area contributed by atoms with Gasteiger partial charge in [-0.3, -0.25) is 4.99 Å². The van der Waals surface area contributed by atoms with Gasteiger partial charge in [0.2, 0.25) is 0 Å². The number of unbranched alkanes of at least 4 members (excludes halogenated alkanes) is 1. The van der Waals surface area contributed by atoms with Crippen LogP contribution in [0, 0.1) is 17.8 Å². The molecular formula is C21H42N4O2. The van der Waals surface area contributed by atoms with Crippen LogP contribution in [0.2, 0.25) is 0 Å². The van der Waals surface area contributed by atoms with Crippen molar-refractivity contribution in [3.05, 3.63) is 0 Å². The van der Waals surface area contributed by atoms with Gasteiger partial charge in [-0.2, -0.15) is 0 Å². The van der Waals surface area contributed by atoms with Crippen LogP contribution in [0.3, 0.4) is 0 Å². The van der Waals surface area contributed by atoms with Gasteiger partial charge in [-0.15, -0.1) is 0 Å². The molecule has 0 spiro atoms. The fourth-order valence-corrected chi connectivity index (χ4v) is 4.21. The van der Waals surface area contributed by atoms with Crippen molar-refractivity contribution >= 4 is 5.96 Å². The molecular weight excluding hydrogens is 340 g/mol. The zero-order valence-electron chi connectivity index (χ0n) is 17.8. The molecule has 0 aromatic heterocycles. The molecule has 158 valence electrons. The zero-order valence-corrected chi connectivity index (χ0v) is 17.8. The van der Waals surface area contributed by atoms with Gasteiger partial charge in [-0.25, -0.2) is 0 Å². The quantitative estimate of drug-likeness (QED) is 0.326. The normalized spacial score (nSPS) is 27.1. The highest BCUT2D eigenvalue weighted by Gasteiger charge is 2.20. The Hall–Kier alpha value is -0.850. The lowest BCUT2D eigenvalue weighted by Crippen LogP contribution is -2.40. The number of piperidine rings is 1. The third-order valence-corrected chi connectivity index (χ3v) is 5.50. The van der Waals surface area contributed by atoms with Gasteiger partial charge in [0.05, 0.1) is 13.2 Å². The number of nitrogens with one attached hydrogen (secondary N) is 2. The number of likely N-dealkylation sites (tertiary alicyclic amines) is 1. The van der Waals surface area contributed by atoms with E-state index in [0.29, 0.717) is 5.92 Å². The van der Waals surface area contributed by atoms with E-state index in [4.69, 9.17) is 9.47 Å². The largest absolute Gasteiger partial charge is 0.381 e. The Morgan fingerprint density at radius 3 is 2.52 bits per heavy atom. The summed E-state index contributed by atoms with van der Waals surface area (Å²) < 4.78 is 11.1. The maximum absolute atomic E-state index is 5.73. The monoisotopic (exact) mass is 382 g/mol. The Balaban J connectivity index is 1.42. The molecule has 2 fully saturated rings. The lowest BCUT2D eigenvalue weighted by Gasteiger charge is -2.34. The van der Waals surface area contributed by atoms with Gasteiger partial charge in [0.1, 0.15) is 0 Å². The van der Waals surface area contributed by atoms with Crippen molar-refractivity contribution in [1.82, 2.24) is 15.5 Å². The number of hydrogen-bond donors (Lipinski definition) is 2. The Morgan fingerprint density at radius 2 is 1.85 bits per heavy atom. The molecule has 2 saturated heterocycles. The van der Waals surface area contributed by atoms with E-state index in [1.54, 1.807) is 0 Å². The van der Waals surface area contributed by atoms with Crippen molar-refractivity contribution in [2.24, 2.45) is 22.7 Å². The molecule has 6 nitrogen and oxygen atoms in total. The van der Waals surface area contributed by atoms with Crippen molar-refractivity contribution in [2.45, 2.75) is 46.0 Å². The SMILES string of the molecule is CN=C(NCCCCN1CC(C)CC(C)C1)NCCCOCC1CCOC1. The smallest absolute Gasteiger partial charge is 0.190 e. The molecule has 2 aliphatic rings. The molecule has 0 aliphatic carbocycles. The molecule has 6 heteroatoms. The molecule has 2 rings (SSSR count). The first-order valence-electron chi connectivity index (χ1n) is 11.0. The van der Waals surface area contributed by atoms with Gasteiger partial charge in [0.15, 0.2) is 5.96 Å². The fourth-order valence-electron chi connectivity index (χ4n) is 4.21. The average Bonchev–Trinajstić information content (AvgIpc) is 3.15. The minimum absolute atomic E-state index is 0.601. The van der Waals surface area contributed by atoms with Gasteiger partial charge >= 0.3 is 0 Å². The summed E-state index contributed by atoms with van der Waals surface area (Å²) in [6.07, 6.45) is 5.97. The van der Waals surface area contributed by atoms with Crippen LogP contribution in [0.5, 0.6) is 0 Å². The van der Waals surface area contributed by atoms with E-state index in [-0.39, 0.29) is 0 Å². The van der Waals surface area contributed by atoms with E-state index in [1.807, 2.05) is 7.05 Å². The zero-order chi connectivity index (χ0) is 19.3. The summed E-state index contributed by atoms with van der Waals surface area (Å²) in [7, 11) is 1.84. The van der Waals surface area contributed by atoms with E-state index in [1.165, 1.54) is 38.9 Å². The Kier molecular flexibility index (Phi) is 11.1. The minimum Gasteiger partial charge on any atom is -0.381 e. The van der Waals surface area contributed by atoms with Gasteiger partial charge < -0.3 is 25.0 Å².